The molecule has 0 saturated carbocycles. The zero-order valence-corrected chi connectivity index (χ0v) is 14.7. The molecule has 1 heterocycles. The maximum absolute atomic E-state index is 6.12. The zero-order chi connectivity index (χ0) is 15.8. The third kappa shape index (κ3) is 7.09. The summed E-state index contributed by atoms with van der Waals surface area (Å²) in [6, 6.07) is 1.85. The number of nitrogens with zero attached hydrogens (tertiary/aromatic N) is 3. The fourth-order valence-electron chi connectivity index (χ4n) is 1.98. The van der Waals surface area contributed by atoms with Gasteiger partial charge in [0.05, 0.1) is 0 Å². The molecule has 1 rings (SSSR count). The summed E-state index contributed by atoms with van der Waals surface area (Å²) in [5.41, 5.74) is 0. The lowest BCUT2D eigenvalue weighted by Gasteiger charge is -2.26. The molecule has 0 unspecified atom stereocenters. The molecule has 0 bridgehead atoms. The Kier molecular flexibility index (Phi) is 7.97. The molecule has 0 atom stereocenters. The predicted molar refractivity (Wildman–Crippen MR) is 88.9 cm³/mol. The zero-order valence-electron chi connectivity index (χ0n) is 13.9. The molecule has 0 fully saturated rings. The van der Waals surface area contributed by atoms with E-state index >= 15 is 0 Å². The molecule has 4 nitrogen and oxygen atoms in total. The first kappa shape index (κ1) is 18.2. The lowest BCUT2D eigenvalue weighted by molar-refractivity contribution is 0.178. The number of anilines is 1. The summed E-state index contributed by atoms with van der Waals surface area (Å²) in [7, 11) is 1.64. The minimum atomic E-state index is 0.385. The van der Waals surface area contributed by atoms with Gasteiger partial charge in [-0.1, -0.05) is 39.3 Å². The maximum atomic E-state index is 6.12. The summed E-state index contributed by atoms with van der Waals surface area (Å²) >= 11 is 6.12. The Hall–Kier alpha value is -0.870. The van der Waals surface area contributed by atoms with Crippen LogP contribution in [0.5, 0.6) is 0 Å². The summed E-state index contributed by atoms with van der Waals surface area (Å²) in [5.74, 6) is 2.88. The molecule has 0 saturated heterocycles. The van der Waals surface area contributed by atoms with Crippen molar-refractivity contribution in [3.8, 4) is 0 Å². The second-order valence-electron chi connectivity index (χ2n) is 6.25. The Balaban J connectivity index is 2.88. The van der Waals surface area contributed by atoms with Crippen molar-refractivity contribution in [1.82, 2.24) is 9.97 Å². The summed E-state index contributed by atoms with van der Waals surface area (Å²) in [6.07, 6.45) is 2.28. The van der Waals surface area contributed by atoms with Crippen LogP contribution >= 0.6 is 11.6 Å². The first-order chi connectivity index (χ1) is 9.92. The Bertz CT molecular complexity index is 412. The van der Waals surface area contributed by atoms with Crippen molar-refractivity contribution in [2.24, 2.45) is 11.8 Å². The number of hydrogen-bond acceptors (Lipinski definition) is 4. The first-order valence-corrected chi connectivity index (χ1v) is 8.07. The van der Waals surface area contributed by atoms with Gasteiger partial charge in [0.15, 0.2) is 5.82 Å². The van der Waals surface area contributed by atoms with Gasteiger partial charge in [0.2, 0.25) is 0 Å². The molecule has 0 aliphatic heterocycles. The number of hydrogen-bond donors (Lipinski definition) is 0. The highest BCUT2D eigenvalue weighted by Gasteiger charge is 2.12. The van der Waals surface area contributed by atoms with Crippen LogP contribution in [0.15, 0.2) is 6.07 Å². The van der Waals surface area contributed by atoms with Gasteiger partial charge in [0.1, 0.15) is 17.6 Å². The molecular formula is C16H28ClN3O. The van der Waals surface area contributed by atoms with E-state index in [-0.39, 0.29) is 0 Å². The largest absolute Gasteiger partial charge is 0.377 e. The average Bonchev–Trinajstić information content (AvgIpc) is 2.37. The van der Waals surface area contributed by atoms with E-state index in [0.29, 0.717) is 29.4 Å². The minimum absolute atomic E-state index is 0.385. The van der Waals surface area contributed by atoms with Crippen molar-refractivity contribution >= 4 is 17.4 Å². The van der Waals surface area contributed by atoms with Crippen LogP contribution in [-0.4, -0.2) is 30.2 Å². The fourth-order valence-corrected chi connectivity index (χ4v) is 2.17. The van der Waals surface area contributed by atoms with Gasteiger partial charge in [0, 0.05) is 26.3 Å². The molecule has 0 amide bonds. The third-order valence-electron chi connectivity index (χ3n) is 3.28. The lowest BCUT2D eigenvalue weighted by Crippen LogP contribution is -2.28. The van der Waals surface area contributed by atoms with Crippen LogP contribution in [0.1, 0.15) is 46.4 Å². The van der Waals surface area contributed by atoms with Crippen LogP contribution in [0.25, 0.3) is 0 Å². The monoisotopic (exact) mass is 313 g/mol. The molecule has 0 aliphatic rings. The van der Waals surface area contributed by atoms with E-state index in [2.05, 4.69) is 42.6 Å². The van der Waals surface area contributed by atoms with Crippen molar-refractivity contribution in [3.63, 3.8) is 0 Å². The fraction of sp³-hybridized carbons (Fsp3) is 0.750. The summed E-state index contributed by atoms with van der Waals surface area (Å²) in [5, 5.41) is 0.478. The predicted octanol–water partition coefficient (Wildman–Crippen LogP) is 4.18. The minimum Gasteiger partial charge on any atom is -0.377 e. The van der Waals surface area contributed by atoms with Crippen molar-refractivity contribution in [3.05, 3.63) is 17.0 Å². The molecule has 0 N–H and O–H groups in total. The van der Waals surface area contributed by atoms with Crippen molar-refractivity contribution in [1.29, 1.82) is 0 Å². The quantitative estimate of drug-likeness (QED) is 0.641. The van der Waals surface area contributed by atoms with Gasteiger partial charge in [-0.2, -0.15) is 0 Å². The van der Waals surface area contributed by atoms with Gasteiger partial charge < -0.3 is 9.64 Å². The van der Waals surface area contributed by atoms with Crippen molar-refractivity contribution in [2.75, 3.05) is 25.1 Å². The molecule has 5 heteroatoms. The van der Waals surface area contributed by atoms with Crippen LogP contribution in [0.3, 0.4) is 0 Å². The van der Waals surface area contributed by atoms with E-state index in [9.17, 15) is 0 Å². The summed E-state index contributed by atoms with van der Waals surface area (Å²) < 4.78 is 5.11. The number of methoxy groups -OCH3 is 1. The molecule has 1 aromatic rings. The normalized spacial score (nSPS) is 11.4. The lowest BCUT2D eigenvalue weighted by atomic mass is 10.1. The highest BCUT2D eigenvalue weighted by Crippen LogP contribution is 2.19. The van der Waals surface area contributed by atoms with E-state index in [4.69, 9.17) is 16.3 Å². The van der Waals surface area contributed by atoms with E-state index in [1.54, 1.807) is 7.11 Å². The van der Waals surface area contributed by atoms with Gasteiger partial charge in [-0.15, -0.1) is 0 Å². The molecule has 21 heavy (non-hydrogen) atoms. The van der Waals surface area contributed by atoms with Crippen LogP contribution in [0.2, 0.25) is 5.15 Å². The third-order valence-corrected chi connectivity index (χ3v) is 3.47. The summed E-state index contributed by atoms with van der Waals surface area (Å²) in [4.78, 5) is 11.1. The average molecular weight is 314 g/mol. The van der Waals surface area contributed by atoms with E-state index < -0.39 is 0 Å². The maximum Gasteiger partial charge on any atom is 0.158 e. The topological polar surface area (TPSA) is 38.2 Å². The number of rotatable bonds is 9. The van der Waals surface area contributed by atoms with Crippen molar-refractivity contribution in [2.45, 2.75) is 47.1 Å². The molecule has 120 valence electrons. The molecule has 0 radical (unpaired) electrons. The SMILES string of the molecule is COCc1nc(Cl)cc(N(CCC(C)C)CCC(C)C)n1. The first-order valence-electron chi connectivity index (χ1n) is 7.69. The number of aromatic nitrogens is 2. The van der Waals surface area contributed by atoms with Gasteiger partial charge in [-0.3, -0.25) is 0 Å². The second-order valence-corrected chi connectivity index (χ2v) is 6.64. The molecule has 0 aromatic carbocycles. The van der Waals surface area contributed by atoms with Crippen LogP contribution in [0.4, 0.5) is 5.82 Å². The molecule has 0 aliphatic carbocycles. The Morgan fingerprint density at radius 3 is 2.14 bits per heavy atom. The van der Waals surface area contributed by atoms with Crippen LogP contribution in [0, 0.1) is 11.8 Å². The Labute approximate surface area is 133 Å². The number of halogens is 1. The Morgan fingerprint density at radius 2 is 1.67 bits per heavy atom. The van der Waals surface area contributed by atoms with Crippen LogP contribution < -0.4 is 4.90 Å². The van der Waals surface area contributed by atoms with Crippen LogP contribution in [-0.2, 0) is 11.3 Å². The number of ether oxygens (including phenoxy) is 1. The van der Waals surface area contributed by atoms with E-state index in [1.165, 1.54) is 0 Å². The molecule has 0 spiro atoms. The summed E-state index contributed by atoms with van der Waals surface area (Å²) in [6.45, 7) is 11.3. The van der Waals surface area contributed by atoms with Crippen molar-refractivity contribution < 1.29 is 4.74 Å². The standard InChI is InChI=1S/C16H28ClN3O/c1-12(2)6-8-20(9-7-13(3)4)16-10-14(17)18-15(19-16)11-21-5/h10,12-13H,6-9,11H2,1-5H3. The highest BCUT2D eigenvalue weighted by atomic mass is 35.5. The van der Waals surface area contributed by atoms with Gasteiger partial charge in [-0.05, 0) is 24.7 Å². The van der Waals surface area contributed by atoms with E-state index in [1.807, 2.05) is 6.07 Å². The van der Waals surface area contributed by atoms with Gasteiger partial charge in [-0.25, -0.2) is 9.97 Å². The van der Waals surface area contributed by atoms with Gasteiger partial charge >= 0.3 is 0 Å². The highest BCUT2D eigenvalue weighted by molar-refractivity contribution is 6.29. The van der Waals surface area contributed by atoms with E-state index in [0.717, 1.165) is 31.7 Å². The molecular weight excluding hydrogens is 286 g/mol. The Morgan fingerprint density at radius 1 is 1.10 bits per heavy atom. The second kappa shape index (κ2) is 9.21. The van der Waals surface area contributed by atoms with Gasteiger partial charge in [0.25, 0.3) is 0 Å². The smallest absolute Gasteiger partial charge is 0.158 e. The molecule has 1 aromatic heterocycles.